The van der Waals surface area contributed by atoms with Gasteiger partial charge in [-0.1, -0.05) is 57.6 Å². The number of benzene rings is 1. The zero-order valence-electron chi connectivity index (χ0n) is 15.8. The normalized spacial score (nSPS) is 16.8. The Balaban J connectivity index is 2.10. The van der Waals surface area contributed by atoms with E-state index in [0.29, 0.717) is 0 Å². The summed E-state index contributed by atoms with van der Waals surface area (Å²) < 4.78 is 5.67. The molecule has 25 heavy (non-hydrogen) atoms. The van der Waals surface area contributed by atoms with E-state index < -0.39 is 5.97 Å². The number of aliphatic carboxylic acids is 1. The molecule has 0 spiro atoms. The molecule has 0 aromatic heterocycles. The smallest absolute Gasteiger partial charge is 0.341 e. The minimum Gasteiger partial charge on any atom is -0.481 e. The second kappa shape index (κ2) is 9.50. The number of ether oxygens (including phenoxy) is 1. The van der Waals surface area contributed by atoms with Gasteiger partial charge >= 0.3 is 5.97 Å². The van der Waals surface area contributed by atoms with Gasteiger partial charge in [0.25, 0.3) is 0 Å². The van der Waals surface area contributed by atoms with Crippen molar-refractivity contribution in [1.82, 2.24) is 0 Å². The van der Waals surface area contributed by atoms with Crippen LogP contribution in [0.2, 0.25) is 0 Å². The molecule has 0 bridgehead atoms. The van der Waals surface area contributed by atoms with E-state index in [9.17, 15) is 4.79 Å². The van der Waals surface area contributed by atoms with Crippen molar-refractivity contribution in [2.45, 2.75) is 64.8 Å². The number of carboxylic acid groups (broad SMARTS) is 1. The van der Waals surface area contributed by atoms with Crippen LogP contribution in [-0.2, 0) is 9.53 Å². The molecule has 1 aliphatic rings. The molecule has 1 aliphatic heterocycles. The van der Waals surface area contributed by atoms with Crippen molar-refractivity contribution in [3.8, 4) is 0 Å². The van der Waals surface area contributed by atoms with Crippen LogP contribution in [0, 0.1) is 0 Å². The number of unbranched alkanes of at least 4 members (excludes halogenated alkanes) is 5. The molecule has 1 aromatic carbocycles. The van der Waals surface area contributed by atoms with E-state index in [2.05, 4.69) is 31.9 Å². The number of carbonyl (C=O) groups is 1. The van der Waals surface area contributed by atoms with Gasteiger partial charge in [-0.05, 0) is 31.1 Å². The number of nitrogens with zero attached hydrogens (tertiary/aromatic N) is 1. The Kier molecular flexibility index (Phi) is 7.35. The molecule has 0 fully saturated rings. The molecule has 4 nitrogen and oxygen atoms in total. The van der Waals surface area contributed by atoms with Crippen LogP contribution in [0.15, 0.2) is 29.8 Å². The number of para-hydroxylation sites is 1. The molecule has 4 heteroatoms. The SMILES string of the molecule is CCCCCCCCC1C(C)=C(OCC(=O)O)c2ccccc2N1C. The number of hydrogen-bond acceptors (Lipinski definition) is 3. The van der Waals surface area contributed by atoms with Crippen LogP contribution >= 0.6 is 0 Å². The third kappa shape index (κ3) is 5.00. The van der Waals surface area contributed by atoms with Crippen molar-refractivity contribution in [3.63, 3.8) is 0 Å². The highest BCUT2D eigenvalue weighted by Gasteiger charge is 2.29. The summed E-state index contributed by atoms with van der Waals surface area (Å²) in [4.78, 5) is 13.3. The van der Waals surface area contributed by atoms with E-state index in [1.54, 1.807) is 0 Å². The Morgan fingerprint density at radius 1 is 1.16 bits per heavy atom. The second-order valence-corrected chi connectivity index (χ2v) is 6.89. The minimum absolute atomic E-state index is 0.268. The van der Waals surface area contributed by atoms with Crippen LogP contribution in [0.25, 0.3) is 5.76 Å². The van der Waals surface area contributed by atoms with E-state index in [1.807, 2.05) is 18.2 Å². The summed E-state index contributed by atoms with van der Waals surface area (Å²) in [5, 5.41) is 8.98. The van der Waals surface area contributed by atoms with Gasteiger partial charge in [-0.25, -0.2) is 4.79 Å². The first-order valence-electron chi connectivity index (χ1n) is 9.43. The average Bonchev–Trinajstić information content (AvgIpc) is 2.60. The Labute approximate surface area is 151 Å². The lowest BCUT2D eigenvalue weighted by molar-refractivity contribution is -0.140. The van der Waals surface area contributed by atoms with Crippen LogP contribution in [0.4, 0.5) is 5.69 Å². The van der Waals surface area contributed by atoms with Gasteiger partial charge in [0, 0.05) is 18.3 Å². The Bertz CT molecular complexity index is 609. The lowest BCUT2D eigenvalue weighted by Gasteiger charge is -2.38. The van der Waals surface area contributed by atoms with Crippen molar-refractivity contribution in [3.05, 3.63) is 35.4 Å². The Morgan fingerprint density at radius 3 is 2.56 bits per heavy atom. The van der Waals surface area contributed by atoms with Gasteiger partial charge in [0.05, 0.1) is 6.04 Å². The van der Waals surface area contributed by atoms with E-state index in [4.69, 9.17) is 9.84 Å². The molecule has 1 heterocycles. The standard InChI is InChI=1S/C21H31NO3/c1-4-5-6-7-8-9-13-18-16(2)21(25-15-20(23)24)17-12-10-11-14-19(17)22(18)3/h10-12,14,18H,4-9,13,15H2,1-3H3,(H,23,24). The lowest BCUT2D eigenvalue weighted by Crippen LogP contribution is -2.37. The molecule has 1 aromatic rings. The maximum atomic E-state index is 10.9. The van der Waals surface area contributed by atoms with Crippen molar-refractivity contribution >= 4 is 17.4 Å². The van der Waals surface area contributed by atoms with Crippen LogP contribution < -0.4 is 4.90 Å². The van der Waals surface area contributed by atoms with Crippen LogP contribution in [0.5, 0.6) is 0 Å². The van der Waals surface area contributed by atoms with Crippen molar-refractivity contribution in [1.29, 1.82) is 0 Å². The highest BCUT2D eigenvalue weighted by Crippen LogP contribution is 2.39. The van der Waals surface area contributed by atoms with Crippen LogP contribution in [0.3, 0.4) is 0 Å². The molecule has 0 amide bonds. The fourth-order valence-electron chi connectivity index (χ4n) is 3.65. The highest BCUT2D eigenvalue weighted by molar-refractivity contribution is 5.81. The van der Waals surface area contributed by atoms with E-state index in [0.717, 1.165) is 29.0 Å². The third-order valence-electron chi connectivity index (χ3n) is 5.03. The zero-order chi connectivity index (χ0) is 18.2. The number of likely N-dealkylation sites (N-methyl/N-ethyl adjacent to an activating group) is 1. The molecule has 0 radical (unpaired) electrons. The summed E-state index contributed by atoms with van der Waals surface area (Å²) in [6, 6.07) is 8.35. The predicted molar refractivity (Wildman–Crippen MR) is 103 cm³/mol. The first-order valence-corrected chi connectivity index (χ1v) is 9.43. The molecule has 1 unspecified atom stereocenters. The van der Waals surface area contributed by atoms with Gasteiger partial charge in [0.15, 0.2) is 6.61 Å². The van der Waals surface area contributed by atoms with E-state index in [1.165, 1.54) is 38.5 Å². The molecule has 1 N–H and O–H groups in total. The topological polar surface area (TPSA) is 49.8 Å². The summed E-state index contributed by atoms with van der Waals surface area (Å²) in [7, 11) is 2.12. The lowest BCUT2D eigenvalue weighted by atomic mass is 9.91. The number of fused-ring (bicyclic) bond motifs is 1. The molecule has 1 atom stereocenters. The van der Waals surface area contributed by atoms with Gasteiger partial charge in [-0.3, -0.25) is 0 Å². The van der Waals surface area contributed by atoms with Gasteiger partial charge in [-0.2, -0.15) is 0 Å². The number of anilines is 1. The molecule has 0 aliphatic carbocycles. The van der Waals surface area contributed by atoms with Crippen LogP contribution in [0.1, 0.15) is 64.4 Å². The number of rotatable bonds is 10. The molecule has 2 rings (SSSR count). The van der Waals surface area contributed by atoms with Gasteiger partial charge in [0.2, 0.25) is 0 Å². The predicted octanol–water partition coefficient (Wildman–Crippen LogP) is 5.09. The Hall–Kier alpha value is -1.97. The minimum atomic E-state index is -0.941. The van der Waals surface area contributed by atoms with Gasteiger partial charge in [0.1, 0.15) is 5.76 Å². The third-order valence-corrected chi connectivity index (χ3v) is 5.03. The van der Waals surface area contributed by atoms with E-state index in [-0.39, 0.29) is 12.6 Å². The van der Waals surface area contributed by atoms with Crippen molar-refractivity contribution < 1.29 is 14.6 Å². The van der Waals surface area contributed by atoms with Gasteiger partial charge in [-0.15, -0.1) is 0 Å². The molecule has 0 saturated heterocycles. The summed E-state index contributed by atoms with van der Waals surface area (Å²) in [5.74, 6) is -0.198. The Morgan fingerprint density at radius 2 is 1.84 bits per heavy atom. The van der Waals surface area contributed by atoms with Gasteiger partial charge < -0.3 is 14.7 Å². The van der Waals surface area contributed by atoms with E-state index >= 15 is 0 Å². The number of carboxylic acids is 1. The largest absolute Gasteiger partial charge is 0.481 e. The molecular weight excluding hydrogens is 314 g/mol. The highest BCUT2D eigenvalue weighted by atomic mass is 16.5. The average molecular weight is 345 g/mol. The summed E-state index contributed by atoms with van der Waals surface area (Å²) in [5.41, 5.74) is 3.24. The maximum absolute atomic E-state index is 10.9. The summed E-state index contributed by atoms with van der Waals surface area (Å²) >= 11 is 0. The van der Waals surface area contributed by atoms with Crippen LogP contribution in [-0.4, -0.2) is 30.8 Å². The monoisotopic (exact) mass is 345 g/mol. The molecule has 0 saturated carbocycles. The number of hydrogen-bond donors (Lipinski definition) is 1. The molecular formula is C21H31NO3. The fraction of sp³-hybridized carbons (Fsp3) is 0.571. The fourth-order valence-corrected chi connectivity index (χ4v) is 3.65. The summed E-state index contributed by atoms with van der Waals surface area (Å²) in [6.07, 6.45) is 8.72. The summed E-state index contributed by atoms with van der Waals surface area (Å²) in [6.45, 7) is 4.01. The first kappa shape index (κ1) is 19.4. The second-order valence-electron chi connectivity index (χ2n) is 6.89. The van der Waals surface area contributed by atoms with Crippen molar-refractivity contribution in [2.75, 3.05) is 18.6 Å². The zero-order valence-corrected chi connectivity index (χ0v) is 15.8. The molecule has 138 valence electrons. The quantitative estimate of drug-likeness (QED) is 0.600. The van der Waals surface area contributed by atoms with Crippen molar-refractivity contribution in [2.24, 2.45) is 0 Å². The maximum Gasteiger partial charge on any atom is 0.341 e. The first-order chi connectivity index (χ1) is 12.1.